The maximum atomic E-state index is 11.1. The van der Waals surface area contributed by atoms with Crippen molar-refractivity contribution in [3.05, 3.63) is 45.5 Å². The van der Waals surface area contributed by atoms with Gasteiger partial charge < -0.3 is 0 Å². The van der Waals surface area contributed by atoms with Crippen molar-refractivity contribution in [2.75, 3.05) is 0 Å². The van der Waals surface area contributed by atoms with Gasteiger partial charge in [-0.05, 0) is 0 Å². The van der Waals surface area contributed by atoms with E-state index in [1.807, 2.05) is 0 Å². The quantitative estimate of drug-likeness (QED) is 0.475. The number of carbonyl (C=O) groups excluding carboxylic acids is 1. The SMILES string of the molecule is CC(=O)c1csc(-c2cccc([N+](=O)[O-])c2)n1. The number of rotatable bonds is 3. The third-order valence-electron chi connectivity index (χ3n) is 2.17. The van der Waals surface area contributed by atoms with Crippen LogP contribution < -0.4 is 0 Å². The third-order valence-corrected chi connectivity index (χ3v) is 3.06. The number of non-ortho nitro benzene ring substituents is 1. The Bertz CT molecular complexity index is 592. The van der Waals surface area contributed by atoms with Crippen molar-refractivity contribution in [2.45, 2.75) is 6.92 Å². The van der Waals surface area contributed by atoms with Crippen LogP contribution in [0.4, 0.5) is 5.69 Å². The van der Waals surface area contributed by atoms with Gasteiger partial charge in [-0.15, -0.1) is 11.3 Å². The smallest absolute Gasteiger partial charge is 0.270 e. The van der Waals surface area contributed by atoms with Crippen LogP contribution in [0.5, 0.6) is 0 Å². The second-order valence-corrected chi connectivity index (χ2v) is 4.26. The molecule has 0 spiro atoms. The van der Waals surface area contributed by atoms with Crippen molar-refractivity contribution in [1.82, 2.24) is 4.98 Å². The summed E-state index contributed by atoms with van der Waals surface area (Å²) < 4.78 is 0. The predicted molar refractivity (Wildman–Crippen MR) is 64.2 cm³/mol. The molecule has 0 N–H and O–H groups in total. The number of benzene rings is 1. The van der Waals surface area contributed by atoms with Crippen LogP contribution in [0.3, 0.4) is 0 Å². The number of nitro groups is 1. The lowest BCUT2D eigenvalue weighted by Gasteiger charge is -1.95. The fraction of sp³-hybridized carbons (Fsp3) is 0.0909. The number of nitro benzene ring substituents is 1. The Balaban J connectivity index is 2.42. The lowest BCUT2D eigenvalue weighted by atomic mass is 10.2. The zero-order valence-electron chi connectivity index (χ0n) is 8.91. The van der Waals surface area contributed by atoms with E-state index in [4.69, 9.17) is 0 Å². The van der Waals surface area contributed by atoms with Gasteiger partial charge in [0, 0.05) is 30.0 Å². The molecule has 0 amide bonds. The van der Waals surface area contributed by atoms with Crippen LogP contribution in [0, 0.1) is 10.1 Å². The summed E-state index contributed by atoms with van der Waals surface area (Å²) >= 11 is 1.30. The molecular weight excluding hydrogens is 240 g/mol. The molecule has 0 saturated heterocycles. The lowest BCUT2D eigenvalue weighted by molar-refractivity contribution is -0.384. The molecule has 0 aliphatic rings. The van der Waals surface area contributed by atoms with Gasteiger partial charge in [0.05, 0.1) is 4.92 Å². The standard InChI is InChI=1S/C11H8N2O3S/c1-7(14)10-6-17-11(12-10)8-3-2-4-9(5-8)13(15)16/h2-6H,1H3. The van der Waals surface area contributed by atoms with Crippen molar-refractivity contribution in [1.29, 1.82) is 0 Å². The molecule has 1 heterocycles. The molecule has 2 rings (SSSR count). The highest BCUT2D eigenvalue weighted by atomic mass is 32.1. The maximum Gasteiger partial charge on any atom is 0.270 e. The summed E-state index contributed by atoms with van der Waals surface area (Å²) in [6.45, 7) is 1.44. The van der Waals surface area contributed by atoms with Crippen molar-refractivity contribution < 1.29 is 9.72 Å². The molecular formula is C11H8N2O3S. The van der Waals surface area contributed by atoms with E-state index in [2.05, 4.69) is 4.98 Å². The van der Waals surface area contributed by atoms with E-state index in [1.165, 1.54) is 30.4 Å². The van der Waals surface area contributed by atoms with E-state index in [9.17, 15) is 14.9 Å². The molecule has 0 aliphatic carbocycles. The Morgan fingerprint density at radius 1 is 1.47 bits per heavy atom. The topological polar surface area (TPSA) is 73.1 Å². The van der Waals surface area contributed by atoms with E-state index in [1.54, 1.807) is 17.5 Å². The van der Waals surface area contributed by atoms with Gasteiger partial charge in [-0.2, -0.15) is 0 Å². The summed E-state index contributed by atoms with van der Waals surface area (Å²) in [5.41, 5.74) is 1.05. The first-order valence-corrected chi connectivity index (χ1v) is 5.67. The van der Waals surface area contributed by atoms with Gasteiger partial charge in [0.25, 0.3) is 5.69 Å². The summed E-state index contributed by atoms with van der Waals surface area (Å²) in [6.07, 6.45) is 0. The van der Waals surface area contributed by atoms with Crippen LogP contribution in [0.1, 0.15) is 17.4 Å². The first-order chi connectivity index (χ1) is 8.08. The number of hydrogen-bond donors (Lipinski definition) is 0. The molecule has 0 saturated carbocycles. The third kappa shape index (κ3) is 2.36. The van der Waals surface area contributed by atoms with Gasteiger partial charge in [0.2, 0.25) is 0 Å². The number of Topliss-reactive ketones (excluding diaryl/α,β-unsaturated/α-hetero) is 1. The minimum Gasteiger partial charge on any atom is -0.293 e. The maximum absolute atomic E-state index is 11.1. The second kappa shape index (κ2) is 4.42. The number of carbonyl (C=O) groups is 1. The van der Waals surface area contributed by atoms with Crippen molar-refractivity contribution in [3.63, 3.8) is 0 Å². The van der Waals surface area contributed by atoms with Gasteiger partial charge in [0.15, 0.2) is 5.78 Å². The van der Waals surface area contributed by atoms with Gasteiger partial charge in [-0.25, -0.2) is 4.98 Å². The Hall–Kier alpha value is -2.08. The molecule has 1 aromatic heterocycles. The number of hydrogen-bond acceptors (Lipinski definition) is 5. The number of nitrogens with zero attached hydrogens (tertiary/aromatic N) is 2. The molecule has 0 fully saturated rings. The highest BCUT2D eigenvalue weighted by molar-refractivity contribution is 7.13. The van der Waals surface area contributed by atoms with Crippen LogP contribution in [-0.2, 0) is 0 Å². The summed E-state index contributed by atoms with van der Waals surface area (Å²) in [5.74, 6) is -0.113. The molecule has 0 radical (unpaired) electrons. The second-order valence-electron chi connectivity index (χ2n) is 3.40. The molecule has 0 aliphatic heterocycles. The first-order valence-electron chi connectivity index (χ1n) is 4.79. The number of aromatic nitrogens is 1. The fourth-order valence-corrected chi connectivity index (χ4v) is 2.18. The molecule has 0 bridgehead atoms. The summed E-state index contributed by atoms with van der Waals surface area (Å²) in [7, 11) is 0. The molecule has 86 valence electrons. The van der Waals surface area contributed by atoms with Crippen LogP contribution >= 0.6 is 11.3 Å². The molecule has 6 heteroatoms. The van der Waals surface area contributed by atoms with Crippen molar-refractivity contribution in [3.8, 4) is 10.6 Å². The summed E-state index contributed by atoms with van der Waals surface area (Å²) in [4.78, 5) is 25.4. The molecule has 2 aromatic rings. The van der Waals surface area contributed by atoms with Gasteiger partial charge in [0.1, 0.15) is 10.7 Å². The van der Waals surface area contributed by atoms with E-state index in [0.717, 1.165) is 0 Å². The van der Waals surface area contributed by atoms with Crippen LogP contribution in [0.2, 0.25) is 0 Å². The van der Waals surface area contributed by atoms with Crippen molar-refractivity contribution in [2.24, 2.45) is 0 Å². The number of ketones is 1. The van der Waals surface area contributed by atoms with Gasteiger partial charge in [-0.3, -0.25) is 14.9 Å². The number of thiazole rings is 1. The minimum atomic E-state index is -0.455. The Kier molecular flexibility index (Phi) is 2.97. The average molecular weight is 248 g/mol. The Morgan fingerprint density at radius 2 is 2.24 bits per heavy atom. The van der Waals surface area contributed by atoms with E-state index < -0.39 is 4.92 Å². The van der Waals surface area contributed by atoms with E-state index in [0.29, 0.717) is 16.3 Å². The van der Waals surface area contributed by atoms with E-state index in [-0.39, 0.29) is 11.5 Å². The lowest BCUT2D eigenvalue weighted by Crippen LogP contribution is -1.91. The minimum absolute atomic E-state index is 0.0158. The van der Waals surface area contributed by atoms with Gasteiger partial charge >= 0.3 is 0 Å². The first kappa shape index (κ1) is 11.4. The van der Waals surface area contributed by atoms with Crippen molar-refractivity contribution >= 4 is 22.8 Å². The molecule has 1 aromatic carbocycles. The summed E-state index contributed by atoms with van der Waals surface area (Å²) in [5, 5.41) is 12.9. The fourth-order valence-electron chi connectivity index (χ4n) is 1.32. The Morgan fingerprint density at radius 3 is 2.82 bits per heavy atom. The van der Waals surface area contributed by atoms with E-state index >= 15 is 0 Å². The zero-order valence-corrected chi connectivity index (χ0v) is 9.73. The highest BCUT2D eigenvalue weighted by Crippen LogP contribution is 2.26. The largest absolute Gasteiger partial charge is 0.293 e. The summed E-state index contributed by atoms with van der Waals surface area (Å²) in [6, 6.07) is 6.20. The van der Waals surface area contributed by atoms with Gasteiger partial charge in [-0.1, -0.05) is 12.1 Å². The van der Waals surface area contributed by atoms with Crippen LogP contribution in [-0.4, -0.2) is 15.7 Å². The Labute approximate surface area is 101 Å². The molecule has 0 unspecified atom stereocenters. The average Bonchev–Trinajstić information content (AvgIpc) is 2.78. The molecule has 0 atom stereocenters. The highest BCUT2D eigenvalue weighted by Gasteiger charge is 2.11. The monoisotopic (exact) mass is 248 g/mol. The predicted octanol–water partition coefficient (Wildman–Crippen LogP) is 2.92. The molecule has 17 heavy (non-hydrogen) atoms. The molecule has 5 nitrogen and oxygen atoms in total. The normalized spacial score (nSPS) is 10.2. The zero-order chi connectivity index (χ0) is 12.4. The van der Waals surface area contributed by atoms with Crippen LogP contribution in [0.15, 0.2) is 29.6 Å². The van der Waals surface area contributed by atoms with Crippen LogP contribution in [0.25, 0.3) is 10.6 Å².